The predicted octanol–water partition coefficient (Wildman–Crippen LogP) is 4.31. The Labute approximate surface area is 150 Å². The molecule has 3 rings (SSSR count). The Hall–Kier alpha value is -1.95. The smallest absolute Gasteiger partial charge is 0.272 e. The van der Waals surface area contributed by atoms with Crippen molar-refractivity contribution in [1.82, 2.24) is 14.9 Å². The van der Waals surface area contributed by atoms with Crippen molar-refractivity contribution in [3.05, 3.63) is 46.2 Å². The van der Waals surface area contributed by atoms with Crippen molar-refractivity contribution in [2.24, 2.45) is 0 Å². The molecule has 1 aliphatic rings. The standard InChI is InChI=1S/C18H21BrN4O/c1-13-12-16(17(24)23-10-6-2-3-7-11-23)22-18(20-13)21-15-9-5-4-8-14(15)19/h4-5,8-9,12H,2-3,6-7,10-11H2,1H3,(H,20,21,22). The molecule has 2 aromatic rings. The highest BCUT2D eigenvalue weighted by Crippen LogP contribution is 2.24. The predicted molar refractivity (Wildman–Crippen MR) is 98.6 cm³/mol. The first-order valence-electron chi connectivity index (χ1n) is 8.30. The molecule has 126 valence electrons. The van der Waals surface area contributed by atoms with Gasteiger partial charge in [0.1, 0.15) is 5.69 Å². The van der Waals surface area contributed by atoms with E-state index >= 15 is 0 Å². The zero-order valence-corrected chi connectivity index (χ0v) is 15.3. The highest BCUT2D eigenvalue weighted by Gasteiger charge is 2.19. The number of benzene rings is 1. The van der Waals surface area contributed by atoms with Crippen LogP contribution in [-0.2, 0) is 0 Å². The molecule has 1 fully saturated rings. The van der Waals surface area contributed by atoms with Crippen LogP contribution in [0, 0.1) is 6.92 Å². The number of hydrogen-bond donors (Lipinski definition) is 1. The van der Waals surface area contributed by atoms with Crippen molar-refractivity contribution in [1.29, 1.82) is 0 Å². The molecule has 1 aromatic carbocycles. The highest BCUT2D eigenvalue weighted by atomic mass is 79.9. The van der Waals surface area contributed by atoms with Crippen molar-refractivity contribution in [3.63, 3.8) is 0 Å². The molecule has 0 bridgehead atoms. The summed E-state index contributed by atoms with van der Waals surface area (Å²) in [5, 5.41) is 3.18. The van der Waals surface area contributed by atoms with Gasteiger partial charge in [0.05, 0.1) is 5.69 Å². The summed E-state index contributed by atoms with van der Waals surface area (Å²) in [6.45, 7) is 3.51. The second-order valence-corrected chi connectivity index (χ2v) is 6.88. The molecule has 0 saturated carbocycles. The largest absolute Gasteiger partial charge is 0.337 e. The van der Waals surface area contributed by atoms with E-state index in [-0.39, 0.29) is 5.91 Å². The van der Waals surface area contributed by atoms with E-state index in [9.17, 15) is 4.79 Å². The monoisotopic (exact) mass is 388 g/mol. The number of nitrogens with zero attached hydrogens (tertiary/aromatic N) is 3. The molecule has 1 aromatic heterocycles. The van der Waals surface area contributed by atoms with Crippen LogP contribution in [-0.4, -0.2) is 33.9 Å². The minimum atomic E-state index is -0.00224. The summed E-state index contributed by atoms with van der Waals surface area (Å²) < 4.78 is 0.926. The Balaban J connectivity index is 1.83. The third-order valence-corrected chi connectivity index (χ3v) is 4.78. The van der Waals surface area contributed by atoms with Gasteiger partial charge in [0, 0.05) is 23.3 Å². The van der Waals surface area contributed by atoms with Crippen LogP contribution < -0.4 is 5.32 Å². The van der Waals surface area contributed by atoms with Gasteiger partial charge in [-0.05, 0) is 53.9 Å². The minimum Gasteiger partial charge on any atom is -0.337 e. The van der Waals surface area contributed by atoms with E-state index in [1.165, 1.54) is 12.8 Å². The van der Waals surface area contributed by atoms with Crippen molar-refractivity contribution in [2.45, 2.75) is 32.6 Å². The van der Waals surface area contributed by atoms with E-state index in [1.807, 2.05) is 36.1 Å². The zero-order chi connectivity index (χ0) is 16.9. The first-order chi connectivity index (χ1) is 11.6. The molecule has 6 heteroatoms. The maximum absolute atomic E-state index is 12.8. The number of amides is 1. The second kappa shape index (κ2) is 7.75. The van der Waals surface area contributed by atoms with Crippen molar-refractivity contribution in [2.75, 3.05) is 18.4 Å². The molecule has 0 aliphatic carbocycles. The van der Waals surface area contributed by atoms with Crippen LogP contribution in [0.4, 0.5) is 11.6 Å². The molecule has 5 nitrogen and oxygen atoms in total. The highest BCUT2D eigenvalue weighted by molar-refractivity contribution is 9.10. The fourth-order valence-electron chi connectivity index (χ4n) is 2.85. The van der Waals surface area contributed by atoms with Crippen LogP contribution in [0.1, 0.15) is 41.9 Å². The molecule has 1 aliphatic heterocycles. The number of rotatable bonds is 3. The lowest BCUT2D eigenvalue weighted by Crippen LogP contribution is -2.32. The van der Waals surface area contributed by atoms with Crippen molar-refractivity contribution < 1.29 is 4.79 Å². The second-order valence-electron chi connectivity index (χ2n) is 6.03. The summed E-state index contributed by atoms with van der Waals surface area (Å²) in [6, 6.07) is 9.53. The number of carbonyl (C=O) groups excluding carboxylic acids is 1. The molecule has 2 heterocycles. The maximum Gasteiger partial charge on any atom is 0.272 e. The van der Waals surface area contributed by atoms with Gasteiger partial charge in [-0.1, -0.05) is 25.0 Å². The molecular weight excluding hydrogens is 368 g/mol. The van der Waals surface area contributed by atoms with Gasteiger partial charge in [-0.15, -0.1) is 0 Å². The lowest BCUT2D eigenvalue weighted by Gasteiger charge is -2.20. The third kappa shape index (κ3) is 4.12. The first-order valence-corrected chi connectivity index (χ1v) is 9.09. The van der Waals surface area contributed by atoms with Gasteiger partial charge >= 0.3 is 0 Å². The number of anilines is 2. The lowest BCUT2D eigenvalue weighted by atomic mass is 10.2. The molecule has 1 N–H and O–H groups in total. The molecule has 24 heavy (non-hydrogen) atoms. The van der Waals surface area contributed by atoms with Gasteiger partial charge in [0.15, 0.2) is 0 Å². The Morgan fingerprint density at radius 3 is 2.54 bits per heavy atom. The summed E-state index contributed by atoms with van der Waals surface area (Å²) >= 11 is 3.50. The van der Waals surface area contributed by atoms with Gasteiger partial charge in [0.2, 0.25) is 5.95 Å². The van der Waals surface area contributed by atoms with Gasteiger partial charge in [0.25, 0.3) is 5.91 Å². The SMILES string of the molecule is Cc1cc(C(=O)N2CCCCCC2)nc(Nc2ccccc2Br)n1. The van der Waals surface area contributed by atoms with Crippen LogP contribution >= 0.6 is 15.9 Å². The first kappa shape index (κ1) is 16.9. The van der Waals surface area contributed by atoms with Crippen molar-refractivity contribution in [3.8, 4) is 0 Å². The molecule has 0 atom stereocenters. The average Bonchev–Trinajstić information content (AvgIpc) is 2.85. The molecule has 0 radical (unpaired) electrons. The summed E-state index contributed by atoms with van der Waals surface area (Å²) in [5.41, 5.74) is 2.10. The molecule has 0 unspecified atom stereocenters. The number of nitrogens with one attached hydrogen (secondary N) is 1. The van der Waals surface area contributed by atoms with E-state index in [2.05, 4.69) is 31.2 Å². The van der Waals surface area contributed by atoms with Crippen LogP contribution in [0.25, 0.3) is 0 Å². The lowest BCUT2D eigenvalue weighted by molar-refractivity contribution is 0.0755. The van der Waals surface area contributed by atoms with Gasteiger partial charge in [-0.2, -0.15) is 0 Å². The average molecular weight is 389 g/mol. The van der Waals surface area contributed by atoms with Gasteiger partial charge in [-0.25, -0.2) is 9.97 Å². The number of aromatic nitrogens is 2. The Morgan fingerprint density at radius 1 is 1.12 bits per heavy atom. The van der Waals surface area contributed by atoms with Gasteiger partial charge in [-0.3, -0.25) is 4.79 Å². The summed E-state index contributed by atoms with van der Waals surface area (Å²) in [4.78, 5) is 23.5. The van der Waals surface area contributed by atoms with Crippen LogP contribution in [0.5, 0.6) is 0 Å². The number of hydrogen-bond acceptors (Lipinski definition) is 4. The van der Waals surface area contributed by atoms with E-state index in [1.54, 1.807) is 6.07 Å². The van der Waals surface area contributed by atoms with Crippen molar-refractivity contribution >= 4 is 33.5 Å². The third-order valence-electron chi connectivity index (χ3n) is 4.09. The normalized spacial score (nSPS) is 15.0. The van der Waals surface area contributed by atoms with E-state index in [4.69, 9.17) is 0 Å². The Bertz CT molecular complexity index is 727. The van der Waals surface area contributed by atoms with E-state index in [0.717, 1.165) is 41.8 Å². The van der Waals surface area contributed by atoms with E-state index in [0.29, 0.717) is 11.6 Å². The zero-order valence-electron chi connectivity index (χ0n) is 13.8. The fraction of sp³-hybridized carbons (Fsp3) is 0.389. The van der Waals surface area contributed by atoms with E-state index < -0.39 is 0 Å². The van der Waals surface area contributed by atoms with Crippen LogP contribution in [0.2, 0.25) is 0 Å². The van der Waals surface area contributed by atoms with Crippen LogP contribution in [0.15, 0.2) is 34.8 Å². The number of aryl methyl sites for hydroxylation is 1. The molecule has 1 amide bonds. The number of likely N-dealkylation sites (tertiary alicyclic amines) is 1. The number of halogens is 1. The quantitative estimate of drug-likeness (QED) is 0.850. The minimum absolute atomic E-state index is 0.00224. The Kier molecular flexibility index (Phi) is 5.45. The fourth-order valence-corrected chi connectivity index (χ4v) is 3.24. The summed E-state index contributed by atoms with van der Waals surface area (Å²) in [7, 11) is 0. The maximum atomic E-state index is 12.8. The summed E-state index contributed by atoms with van der Waals surface area (Å²) in [5.74, 6) is 0.442. The topological polar surface area (TPSA) is 58.1 Å². The molecule has 0 spiro atoms. The molecule has 1 saturated heterocycles. The number of carbonyl (C=O) groups is 1. The van der Waals surface area contributed by atoms with Gasteiger partial charge < -0.3 is 10.2 Å². The molecular formula is C18H21BrN4O. The number of para-hydroxylation sites is 1. The van der Waals surface area contributed by atoms with Crippen LogP contribution in [0.3, 0.4) is 0 Å². The Morgan fingerprint density at radius 2 is 1.83 bits per heavy atom. The summed E-state index contributed by atoms with van der Waals surface area (Å²) in [6.07, 6.45) is 4.53.